The van der Waals surface area contributed by atoms with Gasteiger partial charge in [-0.05, 0) is 60.9 Å². The Labute approximate surface area is 173 Å². The Hall–Kier alpha value is -2.41. The van der Waals surface area contributed by atoms with Crippen LogP contribution in [-0.4, -0.2) is 64.1 Å². The summed E-state index contributed by atoms with van der Waals surface area (Å²) in [5.41, 5.74) is 2.06. The molecule has 2 aromatic rings. The van der Waals surface area contributed by atoms with E-state index < -0.39 is 0 Å². The van der Waals surface area contributed by atoms with E-state index in [1.54, 1.807) is 13.3 Å². The highest BCUT2D eigenvalue weighted by molar-refractivity contribution is 5.79. The van der Waals surface area contributed by atoms with Crippen LogP contribution in [0.25, 0.3) is 0 Å². The molecule has 29 heavy (non-hydrogen) atoms. The number of benzene rings is 2. The molecule has 6 nitrogen and oxygen atoms in total. The molecule has 0 radical (unpaired) electrons. The zero-order valence-electron chi connectivity index (χ0n) is 17.3. The van der Waals surface area contributed by atoms with Gasteiger partial charge in [-0.3, -0.25) is 4.99 Å². The molecule has 158 valence electrons. The molecule has 0 unspecified atom stereocenters. The summed E-state index contributed by atoms with van der Waals surface area (Å²) in [5.74, 6) is 1.60. The minimum absolute atomic E-state index is 0.00993. The monoisotopic (exact) mass is 401 g/mol. The van der Waals surface area contributed by atoms with E-state index >= 15 is 0 Å². The molecule has 1 atom stereocenters. The van der Waals surface area contributed by atoms with Crippen LogP contribution >= 0.6 is 0 Å². The molecule has 0 saturated carbocycles. The van der Waals surface area contributed by atoms with Crippen molar-refractivity contribution in [2.24, 2.45) is 4.99 Å². The molecule has 0 spiro atoms. The molecule has 2 rings (SSSR count). The van der Waals surface area contributed by atoms with Crippen LogP contribution in [0.4, 0.5) is 0 Å². The normalized spacial score (nSPS) is 12.2. The Morgan fingerprint density at radius 1 is 0.897 bits per heavy atom. The molecular formula is C23H31NO5. The third-order valence-electron chi connectivity index (χ3n) is 4.23. The summed E-state index contributed by atoms with van der Waals surface area (Å²) >= 11 is 0. The standard InChI is InChI=1S/C23H31NO5/c1-3-27-12-13-28-14-15-29-23-10-4-19(5-11-23)16-21(18-25)24-17-20-6-8-22(26-2)9-7-20/h4-11,17,21,25H,3,12-16,18H2,1-2H3/b24-17+/t21-/m0/s1. The molecule has 0 amide bonds. The highest BCUT2D eigenvalue weighted by atomic mass is 16.5. The zero-order valence-corrected chi connectivity index (χ0v) is 17.3. The molecule has 0 fully saturated rings. The predicted octanol–water partition coefficient (Wildman–Crippen LogP) is 3.15. The third-order valence-corrected chi connectivity index (χ3v) is 4.23. The summed E-state index contributed by atoms with van der Waals surface area (Å²) < 4.78 is 21.4. The fourth-order valence-corrected chi connectivity index (χ4v) is 2.62. The lowest BCUT2D eigenvalue weighted by Gasteiger charge is -2.11. The number of hydrogen-bond acceptors (Lipinski definition) is 6. The van der Waals surface area contributed by atoms with Gasteiger partial charge in [0.1, 0.15) is 18.1 Å². The van der Waals surface area contributed by atoms with Gasteiger partial charge >= 0.3 is 0 Å². The van der Waals surface area contributed by atoms with E-state index in [1.807, 2.05) is 55.5 Å². The Morgan fingerprint density at radius 3 is 2.21 bits per heavy atom. The number of ether oxygens (including phenoxy) is 4. The Morgan fingerprint density at radius 2 is 1.55 bits per heavy atom. The van der Waals surface area contributed by atoms with Crippen molar-refractivity contribution < 1.29 is 24.1 Å². The summed E-state index contributed by atoms with van der Waals surface area (Å²) in [6, 6.07) is 15.3. The maximum Gasteiger partial charge on any atom is 0.119 e. The van der Waals surface area contributed by atoms with Gasteiger partial charge in [0.25, 0.3) is 0 Å². The van der Waals surface area contributed by atoms with Crippen LogP contribution in [-0.2, 0) is 15.9 Å². The number of methoxy groups -OCH3 is 1. The van der Waals surface area contributed by atoms with Gasteiger partial charge in [-0.25, -0.2) is 0 Å². The van der Waals surface area contributed by atoms with Crippen LogP contribution in [0.1, 0.15) is 18.1 Å². The fourth-order valence-electron chi connectivity index (χ4n) is 2.62. The number of aliphatic imine (C=N–C) groups is 1. The van der Waals surface area contributed by atoms with Crippen LogP contribution in [0.15, 0.2) is 53.5 Å². The molecule has 0 aliphatic rings. The highest BCUT2D eigenvalue weighted by Crippen LogP contribution is 2.15. The van der Waals surface area contributed by atoms with Crippen LogP contribution in [0.2, 0.25) is 0 Å². The molecule has 0 bridgehead atoms. The molecule has 0 aromatic heterocycles. The molecule has 6 heteroatoms. The van der Waals surface area contributed by atoms with Gasteiger partial charge in [-0.1, -0.05) is 12.1 Å². The maximum absolute atomic E-state index is 9.64. The second kappa shape index (κ2) is 13.7. The lowest BCUT2D eigenvalue weighted by molar-refractivity contribution is 0.0405. The van der Waals surface area contributed by atoms with E-state index in [1.165, 1.54) is 0 Å². The first-order valence-electron chi connectivity index (χ1n) is 9.90. The quantitative estimate of drug-likeness (QED) is 0.389. The first-order chi connectivity index (χ1) is 14.2. The molecule has 0 saturated heterocycles. The second-order valence-electron chi connectivity index (χ2n) is 6.39. The fraction of sp³-hybridized carbons (Fsp3) is 0.435. The van der Waals surface area contributed by atoms with E-state index in [0.717, 1.165) is 22.6 Å². The van der Waals surface area contributed by atoms with E-state index in [4.69, 9.17) is 18.9 Å². The molecule has 0 aliphatic heterocycles. The SMILES string of the molecule is CCOCCOCCOc1ccc(C[C@@H](CO)/N=C/c2ccc(OC)cc2)cc1. The molecule has 1 N–H and O–H groups in total. The van der Waals surface area contributed by atoms with Gasteiger partial charge in [-0.2, -0.15) is 0 Å². The minimum Gasteiger partial charge on any atom is -0.497 e. The third kappa shape index (κ3) is 9.09. The average molecular weight is 402 g/mol. The molecular weight excluding hydrogens is 370 g/mol. The molecule has 0 aliphatic carbocycles. The summed E-state index contributed by atoms with van der Waals surface area (Å²) in [6.07, 6.45) is 2.44. The van der Waals surface area contributed by atoms with Gasteiger partial charge in [-0.15, -0.1) is 0 Å². The number of aliphatic hydroxyl groups excluding tert-OH is 1. The first-order valence-corrected chi connectivity index (χ1v) is 9.90. The van der Waals surface area contributed by atoms with Crippen LogP contribution in [0, 0.1) is 0 Å². The lowest BCUT2D eigenvalue weighted by atomic mass is 10.1. The van der Waals surface area contributed by atoms with E-state index in [9.17, 15) is 5.11 Å². The number of aliphatic hydroxyl groups is 1. The van der Waals surface area contributed by atoms with Gasteiger partial charge in [0.2, 0.25) is 0 Å². The summed E-state index contributed by atoms with van der Waals surface area (Å²) in [6.45, 7) is 4.87. The molecule has 2 aromatic carbocycles. The second-order valence-corrected chi connectivity index (χ2v) is 6.39. The van der Waals surface area contributed by atoms with E-state index in [-0.39, 0.29) is 12.6 Å². The van der Waals surface area contributed by atoms with Gasteiger partial charge < -0.3 is 24.1 Å². The smallest absolute Gasteiger partial charge is 0.119 e. The zero-order chi connectivity index (χ0) is 20.7. The number of hydrogen-bond donors (Lipinski definition) is 1. The summed E-state index contributed by atoms with van der Waals surface area (Å²) in [4.78, 5) is 4.50. The van der Waals surface area contributed by atoms with Gasteiger partial charge in [0, 0.05) is 12.8 Å². The minimum atomic E-state index is -0.192. The van der Waals surface area contributed by atoms with Crippen molar-refractivity contribution in [2.45, 2.75) is 19.4 Å². The summed E-state index contributed by atoms with van der Waals surface area (Å²) in [7, 11) is 1.64. The van der Waals surface area contributed by atoms with Crippen molar-refractivity contribution in [3.63, 3.8) is 0 Å². The van der Waals surface area contributed by atoms with Crippen LogP contribution < -0.4 is 9.47 Å². The Bertz CT molecular complexity index is 700. The molecule has 0 heterocycles. The van der Waals surface area contributed by atoms with Crippen molar-refractivity contribution in [3.05, 3.63) is 59.7 Å². The largest absolute Gasteiger partial charge is 0.497 e. The Kier molecular flexibility index (Phi) is 10.8. The van der Waals surface area contributed by atoms with Gasteiger partial charge in [0.05, 0.1) is 39.6 Å². The van der Waals surface area contributed by atoms with Crippen molar-refractivity contribution in [3.8, 4) is 11.5 Å². The topological polar surface area (TPSA) is 69.5 Å². The summed E-state index contributed by atoms with van der Waals surface area (Å²) in [5, 5.41) is 9.64. The average Bonchev–Trinajstić information content (AvgIpc) is 2.77. The van der Waals surface area contributed by atoms with Crippen molar-refractivity contribution in [1.82, 2.24) is 0 Å². The van der Waals surface area contributed by atoms with E-state index in [2.05, 4.69) is 4.99 Å². The number of rotatable bonds is 14. The maximum atomic E-state index is 9.64. The van der Waals surface area contributed by atoms with E-state index in [0.29, 0.717) is 39.5 Å². The highest BCUT2D eigenvalue weighted by Gasteiger charge is 2.06. The van der Waals surface area contributed by atoms with Crippen LogP contribution in [0.5, 0.6) is 11.5 Å². The van der Waals surface area contributed by atoms with Gasteiger partial charge in [0.15, 0.2) is 0 Å². The lowest BCUT2D eigenvalue weighted by Crippen LogP contribution is -2.14. The first kappa shape index (κ1) is 22.9. The Balaban J connectivity index is 1.75. The predicted molar refractivity (Wildman–Crippen MR) is 114 cm³/mol. The van der Waals surface area contributed by atoms with Crippen molar-refractivity contribution in [1.29, 1.82) is 0 Å². The van der Waals surface area contributed by atoms with Crippen molar-refractivity contribution in [2.75, 3.05) is 46.8 Å². The number of nitrogens with zero attached hydrogens (tertiary/aromatic N) is 1. The van der Waals surface area contributed by atoms with Crippen molar-refractivity contribution >= 4 is 6.21 Å². The van der Waals surface area contributed by atoms with Crippen LogP contribution in [0.3, 0.4) is 0 Å².